The van der Waals surface area contributed by atoms with Crippen molar-refractivity contribution in [2.75, 3.05) is 0 Å². The van der Waals surface area contributed by atoms with Crippen molar-refractivity contribution in [1.82, 2.24) is 9.55 Å². The van der Waals surface area contributed by atoms with Crippen LogP contribution in [0, 0.1) is 0 Å². The lowest BCUT2D eigenvalue weighted by atomic mass is 10.2. The maximum atomic E-state index is 12.3. The van der Waals surface area contributed by atoms with Gasteiger partial charge in [-0.2, -0.15) is 0 Å². The van der Waals surface area contributed by atoms with E-state index in [4.69, 9.17) is 11.6 Å². The van der Waals surface area contributed by atoms with E-state index in [1.165, 1.54) is 12.4 Å². The molecule has 0 fully saturated rings. The molecule has 2 aromatic heterocycles. The Bertz CT molecular complexity index is 1240. The third-order valence-electron chi connectivity index (χ3n) is 4.43. The summed E-state index contributed by atoms with van der Waals surface area (Å²) in [7, 11) is 0. The van der Waals surface area contributed by atoms with E-state index in [-0.39, 0.29) is 11.6 Å². The van der Waals surface area contributed by atoms with Crippen molar-refractivity contribution in [3.05, 3.63) is 87.6 Å². The molecule has 0 saturated carbocycles. The second-order valence-electron chi connectivity index (χ2n) is 6.25. The second kappa shape index (κ2) is 8.14. The third kappa shape index (κ3) is 3.92. The summed E-state index contributed by atoms with van der Waals surface area (Å²) in [6, 6.07) is 16.1. The topological polar surface area (TPSA) is 79.8 Å². The molecule has 144 valence electrons. The minimum Gasteiger partial charge on any atom is -0.493 e. The van der Waals surface area contributed by atoms with Gasteiger partial charge in [0.15, 0.2) is 5.69 Å². The zero-order chi connectivity index (χ0) is 20.4. The van der Waals surface area contributed by atoms with Crippen LogP contribution in [-0.2, 0) is 6.54 Å². The molecule has 4 rings (SSSR count). The molecule has 0 bridgehead atoms. The molecule has 2 heterocycles. The number of carbonyl (C=O) groups excluding carboxylic acids is 1. The Kier molecular flexibility index (Phi) is 5.42. The molecule has 6 nitrogen and oxygen atoms in total. The summed E-state index contributed by atoms with van der Waals surface area (Å²) < 4.78 is 2.51. The predicted molar refractivity (Wildman–Crippen MR) is 115 cm³/mol. The Morgan fingerprint density at radius 3 is 2.66 bits per heavy atom. The fourth-order valence-electron chi connectivity index (χ4n) is 3.00. The zero-order valence-corrected chi connectivity index (χ0v) is 17.3. The van der Waals surface area contributed by atoms with Crippen LogP contribution in [0.3, 0.4) is 0 Å². The average Bonchev–Trinajstić information content (AvgIpc) is 2.99. The number of carbonyl (C=O) groups is 1. The Morgan fingerprint density at radius 1 is 1.14 bits per heavy atom. The van der Waals surface area contributed by atoms with E-state index in [0.717, 1.165) is 15.6 Å². The quantitative estimate of drug-likeness (QED) is 0.365. The summed E-state index contributed by atoms with van der Waals surface area (Å²) in [4.78, 5) is 16.1. The number of nitrogens with zero attached hydrogens (tertiary/aromatic N) is 4. The number of pyridine rings is 1. The molecule has 1 N–H and O–H groups in total. The maximum Gasteiger partial charge on any atom is 0.295 e. The molecule has 0 unspecified atom stereocenters. The number of hydrogen-bond acceptors (Lipinski definition) is 4. The SMILES string of the molecule is O=C(N=Nc1c(O)n(Cc2ccccc2Cl)c2ccc(Br)cc12)c1ccncc1. The van der Waals surface area contributed by atoms with Gasteiger partial charge in [0.2, 0.25) is 5.88 Å². The largest absolute Gasteiger partial charge is 0.493 e. The molecule has 0 atom stereocenters. The molecule has 0 aliphatic rings. The number of amides is 1. The van der Waals surface area contributed by atoms with Crippen LogP contribution in [-0.4, -0.2) is 20.6 Å². The Morgan fingerprint density at radius 2 is 1.90 bits per heavy atom. The fourth-order valence-corrected chi connectivity index (χ4v) is 3.56. The van der Waals surface area contributed by atoms with Crippen LogP contribution in [0.15, 0.2) is 81.7 Å². The van der Waals surface area contributed by atoms with Crippen LogP contribution < -0.4 is 0 Å². The lowest BCUT2D eigenvalue weighted by Crippen LogP contribution is -1.99. The number of halogens is 2. The van der Waals surface area contributed by atoms with Gasteiger partial charge < -0.3 is 9.67 Å². The number of aromatic hydroxyl groups is 1. The molecule has 8 heteroatoms. The van der Waals surface area contributed by atoms with Gasteiger partial charge >= 0.3 is 0 Å². The van der Waals surface area contributed by atoms with E-state index in [0.29, 0.717) is 22.5 Å². The van der Waals surface area contributed by atoms with Crippen molar-refractivity contribution < 1.29 is 9.90 Å². The van der Waals surface area contributed by atoms with Gasteiger partial charge in [0.1, 0.15) is 0 Å². The lowest BCUT2D eigenvalue weighted by molar-refractivity contribution is 0.0995. The second-order valence-corrected chi connectivity index (χ2v) is 7.58. The highest BCUT2D eigenvalue weighted by Crippen LogP contribution is 2.41. The molecule has 4 aromatic rings. The van der Waals surface area contributed by atoms with Crippen LogP contribution >= 0.6 is 27.5 Å². The van der Waals surface area contributed by atoms with Crippen molar-refractivity contribution in [3.8, 4) is 5.88 Å². The van der Waals surface area contributed by atoms with Crippen molar-refractivity contribution in [2.24, 2.45) is 10.2 Å². The van der Waals surface area contributed by atoms with E-state index in [1.807, 2.05) is 36.4 Å². The summed E-state index contributed by atoms with van der Waals surface area (Å²) in [5.41, 5.74) is 2.18. The van der Waals surface area contributed by atoms with Gasteiger partial charge in [0.05, 0.1) is 12.1 Å². The predicted octanol–water partition coefficient (Wildman–Crippen LogP) is 6.13. The van der Waals surface area contributed by atoms with Crippen molar-refractivity contribution in [3.63, 3.8) is 0 Å². The van der Waals surface area contributed by atoms with E-state index >= 15 is 0 Å². The van der Waals surface area contributed by atoms with Crippen LogP contribution in [0.5, 0.6) is 5.88 Å². The van der Waals surface area contributed by atoms with Gasteiger partial charge in [-0.05, 0) is 42.0 Å². The highest BCUT2D eigenvalue weighted by atomic mass is 79.9. The maximum absolute atomic E-state index is 12.3. The number of fused-ring (bicyclic) bond motifs is 1. The summed E-state index contributed by atoms with van der Waals surface area (Å²) in [6.45, 7) is 0.345. The minimum atomic E-state index is -0.520. The number of aromatic nitrogens is 2. The number of rotatable bonds is 4. The van der Waals surface area contributed by atoms with E-state index in [2.05, 4.69) is 31.1 Å². The number of hydrogen-bond donors (Lipinski definition) is 1. The first-order valence-electron chi connectivity index (χ1n) is 8.65. The van der Waals surface area contributed by atoms with Crippen LogP contribution in [0.1, 0.15) is 15.9 Å². The van der Waals surface area contributed by atoms with Gasteiger partial charge in [0, 0.05) is 32.8 Å². The summed E-state index contributed by atoms with van der Waals surface area (Å²) in [5, 5.41) is 20.0. The Hall–Kier alpha value is -3.03. The normalized spacial score (nSPS) is 11.4. The minimum absolute atomic E-state index is 0.0932. The Balaban J connectivity index is 1.79. The monoisotopic (exact) mass is 468 g/mol. The molecular formula is C21H14BrClN4O2. The molecule has 1 amide bonds. The van der Waals surface area contributed by atoms with Gasteiger partial charge in [-0.1, -0.05) is 45.7 Å². The van der Waals surface area contributed by atoms with E-state index in [1.54, 1.807) is 22.8 Å². The van der Waals surface area contributed by atoms with E-state index < -0.39 is 5.91 Å². The van der Waals surface area contributed by atoms with Crippen molar-refractivity contribution in [2.45, 2.75) is 6.54 Å². The van der Waals surface area contributed by atoms with E-state index in [9.17, 15) is 9.90 Å². The summed E-state index contributed by atoms with van der Waals surface area (Å²) in [5.74, 6) is -0.613. The summed E-state index contributed by atoms with van der Waals surface area (Å²) >= 11 is 9.72. The first-order valence-corrected chi connectivity index (χ1v) is 9.82. The van der Waals surface area contributed by atoms with Gasteiger partial charge in [-0.15, -0.1) is 10.2 Å². The summed E-state index contributed by atoms with van der Waals surface area (Å²) in [6.07, 6.45) is 3.01. The highest BCUT2D eigenvalue weighted by molar-refractivity contribution is 9.10. The molecule has 2 aromatic carbocycles. The van der Waals surface area contributed by atoms with Crippen LogP contribution in [0.4, 0.5) is 5.69 Å². The van der Waals surface area contributed by atoms with Crippen molar-refractivity contribution >= 4 is 50.0 Å². The van der Waals surface area contributed by atoms with Gasteiger partial charge in [-0.3, -0.25) is 9.78 Å². The zero-order valence-electron chi connectivity index (χ0n) is 15.0. The van der Waals surface area contributed by atoms with Crippen LogP contribution in [0.2, 0.25) is 5.02 Å². The molecule has 0 saturated heterocycles. The molecule has 0 aliphatic carbocycles. The fraction of sp³-hybridized carbons (Fsp3) is 0.0476. The van der Waals surface area contributed by atoms with Gasteiger partial charge in [0.25, 0.3) is 5.91 Å². The molecule has 0 aliphatic heterocycles. The first-order chi connectivity index (χ1) is 14.0. The van der Waals surface area contributed by atoms with Crippen LogP contribution in [0.25, 0.3) is 10.9 Å². The average molecular weight is 470 g/mol. The molecule has 0 radical (unpaired) electrons. The number of azo groups is 1. The lowest BCUT2D eigenvalue weighted by Gasteiger charge is -2.08. The molecule has 0 spiro atoms. The van der Waals surface area contributed by atoms with Gasteiger partial charge in [-0.25, -0.2) is 0 Å². The standard InChI is InChI=1S/C21H14BrClN4O2/c22-15-5-6-18-16(11-15)19(25-26-20(28)13-7-9-24-10-8-13)21(29)27(18)12-14-3-1-2-4-17(14)23/h1-11,29H,12H2. The first kappa shape index (κ1) is 19.3. The molecule has 29 heavy (non-hydrogen) atoms. The third-order valence-corrected chi connectivity index (χ3v) is 5.29. The highest BCUT2D eigenvalue weighted by Gasteiger charge is 2.18. The van der Waals surface area contributed by atoms with Crippen molar-refractivity contribution in [1.29, 1.82) is 0 Å². The number of benzene rings is 2. The Labute approximate surface area is 179 Å². The molecular weight excluding hydrogens is 456 g/mol. The smallest absolute Gasteiger partial charge is 0.295 e.